The molecule has 0 saturated carbocycles. The van der Waals surface area contributed by atoms with Crippen molar-refractivity contribution >= 4 is 11.4 Å². The monoisotopic (exact) mass is 480 g/mol. The van der Waals surface area contributed by atoms with E-state index in [9.17, 15) is 4.79 Å². The van der Waals surface area contributed by atoms with Gasteiger partial charge >= 0.3 is 0 Å². The van der Waals surface area contributed by atoms with Crippen molar-refractivity contribution in [2.45, 2.75) is 26.0 Å². The van der Waals surface area contributed by atoms with Gasteiger partial charge in [0.15, 0.2) is 0 Å². The largest absolute Gasteiger partial charge is 0.456 e. The molecule has 2 N–H and O–H groups in total. The number of ether oxygens (including phenoxy) is 2. The quantitative estimate of drug-likeness (QED) is 0.370. The third-order valence-corrected chi connectivity index (χ3v) is 6.78. The Hall–Kier alpha value is -4.10. The average Bonchev–Trinajstić information content (AvgIpc) is 2.91. The first-order valence-electron chi connectivity index (χ1n) is 12.3. The molecule has 2 aromatic carbocycles. The molecule has 0 aliphatic carbocycles. The van der Waals surface area contributed by atoms with Crippen LogP contribution < -0.4 is 20.5 Å². The summed E-state index contributed by atoms with van der Waals surface area (Å²) in [5, 5.41) is 3.47. The normalized spacial score (nSPS) is 16.6. The summed E-state index contributed by atoms with van der Waals surface area (Å²) in [7, 11) is 0. The minimum atomic E-state index is -0.183. The predicted octanol–water partition coefficient (Wildman–Crippen LogP) is 4.96. The van der Waals surface area contributed by atoms with Crippen LogP contribution in [0.1, 0.15) is 34.1 Å². The Labute approximate surface area is 209 Å². The van der Waals surface area contributed by atoms with Gasteiger partial charge in [0.2, 0.25) is 0 Å². The van der Waals surface area contributed by atoms with Crippen LogP contribution in [0, 0.1) is 6.92 Å². The number of aromatic amines is 1. The molecule has 36 heavy (non-hydrogen) atoms. The van der Waals surface area contributed by atoms with Gasteiger partial charge in [0.1, 0.15) is 23.3 Å². The Bertz CT molecular complexity index is 1450. The van der Waals surface area contributed by atoms with E-state index >= 15 is 0 Å². The molecule has 0 bridgehead atoms. The number of H-pyrrole nitrogens is 1. The van der Waals surface area contributed by atoms with Crippen LogP contribution in [0.4, 0.5) is 11.4 Å². The van der Waals surface area contributed by atoms with Gasteiger partial charge in [-0.2, -0.15) is 0 Å². The van der Waals surface area contributed by atoms with Crippen LogP contribution in [0.5, 0.6) is 11.5 Å². The molecule has 0 radical (unpaired) electrons. The number of aromatic nitrogens is 2. The number of hydrogen-bond donors (Lipinski definition) is 2. The molecule has 0 spiro atoms. The summed E-state index contributed by atoms with van der Waals surface area (Å²) in [5.74, 6) is 1.73. The first-order valence-corrected chi connectivity index (χ1v) is 12.3. The fraction of sp³-hybridized carbons (Fsp3) is 0.241. The van der Waals surface area contributed by atoms with Crippen molar-refractivity contribution in [3.8, 4) is 11.5 Å². The van der Waals surface area contributed by atoms with E-state index in [0.29, 0.717) is 31.9 Å². The lowest BCUT2D eigenvalue weighted by molar-refractivity contribution is 0.0383. The highest BCUT2D eigenvalue weighted by molar-refractivity contribution is 5.59. The third-order valence-electron chi connectivity index (χ3n) is 6.78. The fourth-order valence-corrected chi connectivity index (χ4v) is 4.88. The lowest BCUT2D eigenvalue weighted by atomic mass is 9.95. The second kappa shape index (κ2) is 9.51. The number of rotatable bonds is 5. The fourth-order valence-electron chi connectivity index (χ4n) is 4.88. The van der Waals surface area contributed by atoms with Crippen LogP contribution in [0.15, 0.2) is 77.9 Å². The highest BCUT2D eigenvalue weighted by atomic mass is 16.5. The highest BCUT2D eigenvalue weighted by Crippen LogP contribution is 2.43. The van der Waals surface area contributed by atoms with Crippen LogP contribution in [-0.4, -0.2) is 29.7 Å². The lowest BCUT2D eigenvalue weighted by Gasteiger charge is -2.35. The van der Waals surface area contributed by atoms with Crippen molar-refractivity contribution in [3.05, 3.63) is 111 Å². The van der Waals surface area contributed by atoms with Crippen LogP contribution >= 0.6 is 0 Å². The zero-order valence-corrected chi connectivity index (χ0v) is 20.2. The third kappa shape index (κ3) is 4.45. The number of benzene rings is 2. The topological polar surface area (TPSA) is 79.5 Å². The molecule has 182 valence electrons. The van der Waals surface area contributed by atoms with Crippen molar-refractivity contribution in [1.82, 2.24) is 9.97 Å². The van der Waals surface area contributed by atoms with E-state index in [-0.39, 0.29) is 11.7 Å². The van der Waals surface area contributed by atoms with Crippen molar-refractivity contribution in [1.29, 1.82) is 0 Å². The number of nitrogens with zero attached hydrogens (tertiary/aromatic N) is 2. The molecule has 4 aromatic rings. The summed E-state index contributed by atoms with van der Waals surface area (Å²) in [6.45, 7) is 4.52. The number of aryl methyl sites for hydroxylation is 1. The zero-order valence-electron chi connectivity index (χ0n) is 20.2. The molecule has 2 aromatic heterocycles. The lowest BCUT2D eigenvalue weighted by Crippen LogP contribution is -2.41. The smallest absolute Gasteiger partial charge is 0.271 e. The average molecular weight is 481 g/mol. The molecule has 6 rings (SSSR count). The molecule has 1 fully saturated rings. The Morgan fingerprint density at radius 3 is 2.92 bits per heavy atom. The zero-order chi connectivity index (χ0) is 24.5. The molecule has 0 amide bonds. The number of morpholine rings is 1. The summed E-state index contributed by atoms with van der Waals surface area (Å²) >= 11 is 0. The Balaban J connectivity index is 1.20. The Morgan fingerprint density at radius 2 is 2.06 bits per heavy atom. The number of fused-ring (bicyclic) bond motifs is 2. The van der Waals surface area contributed by atoms with E-state index < -0.39 is 0 Å². The minimum absolute atomic E-state index is 0.0824. The number of pyridine rings is 2. The molecule has 2 aliphatic rings. The SMILES string of the molecule is Cc1ccc(CNc2ccc3c(c2)Cc2cccc(C4CN(c5ccc[nH]c5=O)CCO4)c2O3)nc1. The van der Waals surface area contributed by atoms with Gasteiger partial charge in [-0.15, -0.1) is 0 Å². The minimum Gasteiger partial charge on any atom is -0.456 e. The van der Waals surface area contributed by atoms with E-state index in [1.54, 1.807) is 6.20 Å². The second-order valence-electron chi connectivity index (χ2n) is 9.31. The number of para-hydroxylation sites is 1. The number of nitrogens with one attached hydrogen (secondary N) is 2. The van der Waals surface area contributed by atoms with Gasteiger partial charge in [-0.05, 0) is 54.4 Å². The van der Waals surface area contributed by atoms with Crippen molar-refractivity contribution in [2.75, 3.05) is 29.9 Å². The highest BCUT2D eigenvalue weighted by Gasteiger charge is 2.29. The summed E-state index contributed by atoms with van der Waals surface area (Å²) in [5.41, 5.74) is 7.08. The van der Waals surface area contributed by atoms with Crippen molar-refractivity contribution in [2.24, 2.45) is 0 Å². The van der Waals surface area contributed by atoms with Gasteiger partial charge < -0.3 is 24.7 Å². The molecule has 1 unspecified atom stereocenters. The van der Waals surface area contributed by atoms with E-state index in [2.05, 4.69) is 50.5 Å². The maximum absolute atomic E-state index is 12.3. The van der Waals surface area contributed by atoms with E-state index in [4.69, 9.17) is 9.47 Å². The van der Waals surface area contributed by atoms with Crippen LogP contribution in [0.3, 0.4) is 0 Å². The first kappa shape index (κ1) is 22.4. The maximum Gasteiger partial charge on any atom is 0.271 e. The molecule has 2 aliphatic heterocycles. The molecule has 1 atom stereocenters. The Kier molecular flexibility index (Phi) is 5.91. The van der Waals surface area contributed by atoms with Gasteiger partial charge in [-0.25, -0.2) is 0 Å². The molecular weight excluding hydrogens is 452 g/mol. The summed E-state index contributed by atoms with van der Waals surface area (Å²) in [6, 6.07) is 20.3. The van der Waals surface area contributed by atoms with Gasteiger partial charge in [-0.3, -0.25) is 9.78 Å². The molecular formula is C29H28N4O3. The van der Waals surface area contributed by atoms with Gasteiger partial charge in [0.05, 0.1) is 18.8 Å². The standard InChI is InChI=1S/C29H28N4O3/c1-19-7-8-23(31-16-19)17-32-22-9-10-26-21(15-22)14-20-4-2-5-24(28(20)36-26)27-18-33(12-13-35-27)25-6-3-11-30-29(25)34/h2-11,15-16,27,32H,12-14,17-18H2,1H3,(H,30,34). The van der Waals surface area contributed by atoms with Gasteiger partial charge in [0.25, 0.3) is 5.56 Å². The van der Waals surface area contributed by atoms with Gasteiger partial charge in [0, 0.05) is 48.7 Å². The van der Waals surface area contributed by atoms with Crippen LogP contribution in [0.25, 0.3) is 0 Å². The van der Waals surface area contributed by atoms with Crippen LogP contribution in [0.2, 0.25) is 0 Å². The summed E-state index contributed by atoms with van der Waals surface area (Å²) in [4.78, 5) is 21.7. The summed E-state index contributed by atoms with van der Waals surface area (Å²) in [6.07, 6.45) is 4.14. The van der Waals surface area contributed by atoms with Crippen LogP contribution in [-0.2, 0) is 17.7 Å². The van der Waals surface area contributed by atoms with Gasteiger partial charge in [-0.1, -0.05) is 24.3 Å². The van der Waals surface area contributed by atoms with E-state index in [1.165, 1.54) is 0 Å². The maximum atomic E-state index is 12.3. The van der Waals surface area contributed by atoms with Crippen molar-refractivity contribution in [3.63, 3.8) is 0 Å². The molecule has 7 nitrogen and oxygen atoms in total. The first-order chi connectivity index (χ1) is 17.6. The van der Waals surface area contributed by atoms with Crippen molar-refractivity contribution < 1.29 is 9.47 Å². The van der Waals surface area contributed by atoms with E-state index in [1.807, 2.05) is 43.5 Å². The number of anilines is 2. The van der Waals surface area contributed by atoms with E-state index in [0.717, 1.165) is 51.6 Å². The predicted molar refractivity (Wildman–Crippen MR) is 140 cm³/mol. The second-order valence-corrected chi connectivity index (χ2v) is 9.31. The summed E-state index contributed by atoms with van der Waals surface area (Å²) < 4.78 is 12.6. The molecule has 4 heterocycles. The molecule has 7 heteroatoms. The Morgan fingerprint density at radius 1 is 1.11 bits per heavy atom. The number of hydrogen-bond acceptors (Lipinski definition) is 6. The molecule has 1 saturated heterocycles.